The number of carbonyl (C=O) groups is 1. The molecule has 1 aromatic carbocycles. The van der Waals surface area contributed by atoms with E-state index in [1.807, 2.05) is 6.07 Å². The van der Waals surface area contributed by atoms with E-state index in [-0.39, 0.29) is 18.4 Å². The van der Waals surface area contributed by atoms with Gasteiger partial charge in [0.25, 0.3) is 0 Å². The standard InChI is InChI=1S/C16H24N2O.ClH/c17-12-6-4-11-16(19)18-13-7-5-10-15(18)14-8-2-1-3-9-14;/h1-3,8-9,15H,4-7,10-13,17H2;1H. The second-order valence-corrected chi connectivity index (χ2v) is 5.26. The Morgan fingerprint density at radius 1 is 1.20 bits per heavy atom. The van der Waals surface area contributed by atoms with Gasteiger partial charge in [-0.15, -0.1) is 12.4 Å². The molecule has 1 amide bonds. The number of piperidine rings is 1. The normalized spacial score (nSPS) is 18.4. The predicted molar refractivity (Wildman–Crippen MR) is 84.9 cm³/mol. The molecule has 0 aromatic heterocycles. The summed E-state index contributed by atoms with van der Waals surface area (Å²) in [6.45, 7) is 1.58. The first-order chi connectivity index (χ1) is 9.33. The monoisotopic (exact) mass is 296 g/mol. The molecule has 3 nitrogen and oxygen atoms in total. The number of unbranched alkanes of at least 4 members (excludes halogenated alkanes) is 1. The van der Waals surface area contributed by atoms with E-state index in [2.05, 4.69) is 29.2 Å². The fraction of sp³-hybridized carbons (Fsp3) is 0.562. The van der Waals surface area contributed by atoms with Crippen LogP contribution in [0.2, 0.25) is 0 Å². The Morgan fingerprint density at radius 3 is 2.65 bits per heavy atom. The average molecular weight is 297 g/mol. The van der Waals surface area contributed by atoms with Crippen molar-refractivity contribution >= 4 is 18.3 Å². The molecule has 1 saturated heterocycles. The second-order valence-electron chi connectivity index (χ2n) is 5.26. The Labute approximate surface area is 127 Å². The molecular formula is C16H25ClN2O. The minimum atomic E-state index is 0. The summed E-state index contributed by atoms with van der Waals surface area (Å²) in [6, 6.07) is 10.7. The van der Waals surface area contributed by atoms with E-state index in [9.17, 15) is 4.79 Å². The molecule has 0 spiro atoms. The quantitative estimate of drug-likeness (QED) is 0.848. The smallest absolute Gasteiger partial charge is 0.223 e. The van der Waals surface area contributed by atoms with Gasteiger partial charge in [-0.1, -0.05) is 30.3 Å². The molecule has 2 N–H and O–H groups in total. The fourth-order valence-electron chi connectivity index (χ4n) is 2.82. The predicted octanol–water partition coefficient (Wildman–Crippen LogP) is 3.29. The number of nitrogens with zero attached hydrogens (tertiary/aromatic N) is 1. The minimum absolute atomic E-state index is 0. The first kappa shape index (κ1) is 17.0. The van der Waals surface area contributed by atoms with Gasteiger partial charge in [-0.25, -0.2) is 0 Å². The lowest BCUT2D eigenvalue weighted by Gasteiger charge is -2.36. The van der Waals surface area contributed by atoms with Crippen LogP contribution in [-0.4, -0.2) is 23.9 Å². The number of benzene rings is 1. The van der Waals surface area contributed by atoms with Crippen LogP contribution in [0, 0.1) is 0 Å². The van der Waals surface area contributed by atoms with Crippen molar-refractivity contribution in [2.24, 2.45) is 5.73 Å². The van der Waals surface area contributed by atoms with Gasteiger partial charge in [0, 0.05) is 13.0 Å². The molecule has 1 aliphatic rings. The first-order valence-electron chi connectivity index (χ1n) is 7.37. The summed E-state index contributed by atoms with van der Waals surface area (Å²) in [6.07, 6.45) is 5.92. The van der Waals surface area contributed by atoms with Crippen LogP contribution in [0.15, 0.2) is 30.3 Å². The maximum atomic E-state index is 12.3. The molecule has 1 heterocycles. The van der Waals surface area contributed by atoms with E-state index in [1.54, 1.807) is 0 Å². The number of nitrogens with two attached hydrogens (primary N) is 1. The number of hydrogen-bond acceptors (Lipinski definition) is 2. The molecule has 1 unspecified atom stereocenters. The molecule has 2 rings (SSSR count). The molecule has 4 heteroatoms. The number of carbonyl (C=O) groups excluding carboxylic acids is 1. The molecular weight excluding hydrogens is 272 g/mol. The molecule has 1 fully saturated rings. The van der Waals surface area contributed by atoms with Gasteiger partial charge in [-0.2, -0.15) is 0 Å². The zero-order valence-corrected chi connectivity index (χ0v) is 12.8. The van der Waals surface area contributed by atoms with Gasteiger partial charge in [0.1, 0.15) is 0 Å². The van der Waals surface area contributed by atoms with Crippen LogP contribution in [0.3, 0.4) is 0 Å². The Kier molecular flexibility index (Phi) is 7.63. The van der Waals surface area contributed by atoms with Crippen molar-refractivity contribution in [3.8, 4) is 0 Å². The van der Waals surface area contributed by atoms with Gasteiger partial charge in [-0.05, 0) is 44.2 Å². The van der Waals surface area contributed by atoms with Crippen molar-refractivity contribution in [1.29, 1.82) is 0 Å². The number of halogens is 1. The third-order valence-electron chi connectivity index (χ3n) is 3.85. The summed E-state index contributed by atoms with van der Waals surface area (Å²) in [7, 11) is 0. The molecule has 0 radical (unpaired) electrons. The highest BCUT2D eigenvalue weighted by atomic mass is 35.5. The largest absolute Gasteiger partial charge is 0.336 e. The first-order valence-corrected chi connectivity index (χ1v) is 7.37. The highest BCUT2D eigenvalue weighted by Crippen LogP contribution is 2.31. The van der Waals surface area contributed by atoms with Crippen molar-refractivity contribution < 1.29 is 4.79 Å². The van der Waals surface area contributed by atoms with Gasteiger partial charge in [0.15, 0.2) is 0 Å². The van der Waals surface area contributed by atoms with Crippen LogP contribution in [0.5, 0.6) is 0 Å². The molecule has 0 aliphatic carbocycles. The van der Waals surface area contributed by atoms with Crippen molar-refractivity contribution in [2.45, 2.75) is 44.6 Å². The van der Waals surface area contributed by atoms with Gasteiger partial charge in [0.05, 0.1) is 6.04 Å². The number of hydrogen-bond donors (Lipinski definition) is 1. The lowest BCUT2D eigenvalue weighted by Crippen LogP contribution is -2.38. The second kappa shape index (κ2) is 8.98. The SMILES string of the molecule is Cl.NCCCCC(=O)N1CCCCC1c1ccccc1. The summed E-state index contributed by atoms with van der Waals surface area (Å²) in [5.74, 6) is 0.294. The van der Waals surface area contributed by atoms with Crippen molar-refractivity contribution in [3.63, 3.8) is 0 Å². The van der Waals surface area contributed by atoms with Crippen LogP contribution in [0.1, 0.15) is 50.1 Å². The van der Waals surface area contributed by atoms with Crippen LogP contribution < -0.4 is 5.73 Å². The topological polar surface area (TPSA) is 46.3 Å². The molecule has 1 aliphatic heterocycles. The van der Waals surface area contributed by atoms with E-state index in [0.29, 0.717) is 18.9 Å². The van der Waals surface area contributed by atoms with Gasteiger partial charge >= 0.3 is 0 Å². The zero-order chi connectivity index (χ0) is 13.5. The molecule has 1 atom stereocenters. The zero-order valence-electron chi connectivity index (χ0n) is 12.0. The van der Waals surface area contributed by atoms with Crippen molar-refractivity contribution in [2.75, 3.05) is 13.1 Å². The number of rotatable bonds is 5. The summed E-state index contributed by atoms with van der Waals surface area (Å²) in [4.78, 5) is 14.4. The summed E-state index contributed by atoms with van der Waals surface area (Å²) >= 11 is 0. The maximum absolute atomic E-state index is 12.3. The molecule has 1 aromatic rings. The Morgan fingerprint density at radius 2 is 1.95 bits per heavy atom. The summed E-state index contributed by atoms with van der Waals surface area (Å²) < 4.78 is 0. The Bertz CT molecular complexity index is 397. The molecule has 0 bridgehead atoms. The van der Waals surface area contributed by atoms with Gasteiger partial charge in [0.2, 0.25) is 5.91 Å². The number of likely N-dealkylation sites (tertiary alicyclic amines) is 1. The molecule has 20 heavy (non-hydrogen) atoms. The minimum Gasteiger partial charge on any atom is -0.336 e. The third-order valence-corrected chi connectivity index (χ3v) is 3.85. The van der Waals surface area contributed by atoms with E-state index >= 15 is 0 Å². The fourth-order valence-corrected chi connectivity index (χ4v) is 2.82. The highest BCUT2D eigenvalue weighted by molar-refractivity contribution is 5.85. The Hall–Kier alpha value is -1.06. The lowest BCUT2D eigenvalue weighted by molar-refractivity contribution is -0.135. The maximum Gasteiger partial charge on any atom is 0.223 e. The lowest BCUT2D eigenvalue weighted by atomic mass is 9.94. The van der Waals surface area contributed by atoms with Crippen molar-refractivity contribution in [3.05, 3.63) is 35.9 Å². The van der Waals surface area contributed by atoms with Crippen LogP contribution in [0.25, 0.3) is 0 Å². The van der Waals surface area contributed by atoms with Gasteiger partial charge < -0.3 is 10.6 Å². The number of amides is 1. The van der Waals surface area contributed by atoms with E-state index in [0.717, 1.165) is 32.2 Å². The third kappa shape index (κ3) is 4.50. The summed E-state index contributed by atoms with van der Waals surface area (Å²) in [5, 5.41) is 0. The van der Waals surface area contributed by atoms with Crippen molar-refractivity contribution in [1.82, 2.24) is 4.90 Å². The van der Waals surface area contributed by atoms with Crippen LogP contribution in [-0.2, 0) is 4.79 Å². The van der Waals surface area contributed by atoms with Crippen LogP contribution >= 0.6 is 12.4 Å². The molecule has 112 valence electrons. The highest BCUT2D eigenvalue weighted by Gasteiger charge is 2.27. The summed E-state index contributed by atoms with van der Waals surface area (Å²) in [5.41, 5.74) is 6.76. The van der Waals surface area contributed by atoms with E-state index in [1.165, 1.54) is 12.0 Å². The average Bonchev–Trinajstić information content (AvgIpc) is 2.48. The Balaban J connectivity index is 0.00000200. The van der Waals surface area contributed by atoms with E-state index < -0.39 is 0 Å². The van der Waals surface area contributed by atoms with Crippen LogP contribution in [0.4, 0.5) is 0 Å². The molecule has 0 saturated carbocycles. The van der Waals surface area contributed by atoms with E-state index in [4.69, 9.17) is 5.73 Å². The van der Waals surface area contributed by atoms with Gasteiger partial charge in [-0.3, -0.25) is 4.79 Å².